The fourth-order valence-corrected chi connectivity index (χ4v) is 1.98. The van der Waals surface area contributed by atoms with Crippen molar-refractivity contribution in [2.45, 2.75) is 32.2 Å². The molecule has 1 amide bonds. The zero-order chi connectivity index (χ0) is 15.1. The van der Waals surface area contributed by atoms with E-state index in [4.69, 9.17) is 5.11 Å². The lowest BCUT2D eigenvalue weighted by Crippen LogP contribution is -2.44. The average molecular weight is 275 g/mol. The Bertz CT molecular complexity index is 468. The Morgan fingerprint density at radius 3 is 2.35 bits per heavy atom. The second kappa shape index (κ2) is 7.48. The normalized spacial score (nSPS) is 13.6. The Hall–Kier alpha value is -2.10. The Morgan fingerprint density at radius 2 is 1.90 bits per heavy atom. The third kappa shape index (κ3) is 4.53. The zero-order valence-electron chi connectivity index (χ0n) is 11.9. The van der Waals surface area contributed by atoms with Gasteiger partial charge in [0.25, 0.3) is 0 Å². The highest BCUT2D eigenvalue weighted by molar-refractivity contribution is 5.84. The van der Waals surface area contributed by atoms with Gasteiger partial charge in [-0.25, -0.2) is 4.79 Å². The van der Waals surface area contributed by atoms with Crippen molar-refractivity contribution in [1.29, 1.82) is 0 Å². The van der Waals surface area contributed by atoms with Gasteiger partial charge in [-0.3, -0.25) is 4.79 Å². The van der Waals surface area contributed by atoms with Crippen LogP contribution in [-0.2, 0) is 9.59 Å². The molecule has 2 atom stereocenters. The molecule has 0 radical (unpaired) electrons. The molecule has 0 heterocycles. The first-order chi connectivity index (χ1) is 9.45. The lowest BCUT2D eigenvalue weighted by atomic mass is 9.95. The van der Waals surface area contributed by atoms with Crippen LogP contribution in [0.1, 0.15) is 31.7 Å². The molecule has 4 nitrogen and oxygen atoms in total. The monoisotopic (exact) mass is 275 g/mol. The third-order valence-corrected chi connectivity index (χ3v) is 3.17. The molecule has 0 aliphatic heterocycles. The molecular weight excluding hydrogens is 254 g/mol. The van der Waals surface area contributed by atoms with Crippen LogP contribution in [-0.4, -0.2) is 23.0 Å². The number of carbonyl (C=O) groups excluding carboxylic acids is 1. The summed E-state index contributed by atoms with van der Waals surface area (Å²) in [6, 6.07) is 8.70. The van der Waals surface area contributed by atoms with Gasteiger partial charge in [0.2, 0.25) is 5.91 Å². The standard InChI is InChI=1S/C16H21NO3/c1-4-12(13-8-6-5-7-9-13)10-14(18)17-15(11(2)3)16(19)20/h4-9,11-12,15H,1,10H2,2-3H3,(H,17,18)(H,19,20). The van der Waals surface area contributed by atoms with Crippen molar-refractivity contribution in [3.05, 3.63) is 48.6 Å². The van der Waals surface area contributed by atoms with E-state index in [-0.39, 0.29) is 24.2 Å². The Labute approximate surface area is 119 Å². The molecule has 0 fully saturated rings. The second-order valence-corrected chi connectivity index (χ2v) is 5.08. The molecule has 0 saturated heterocycles. The van der Waals surface area contributed by atoms with Crippen LogP contribution in [0, 0.1) is 5.92 Å². The number of rotatable bonds is 7. The maximum Gasteiger partial charge on any atom is 0.326 e. The first-order valence-electron chi connectivity index (χ1n) is 6.65. The van der Waals surface area contributed by atoms with Gasteiger partial charge in [-0.05, 0) is 11.5 Å². The predicted molar refractivity (Wildman–Crippen MR) is 78.4 cm³/mol. The van der Waals surface area contributed by atoms with Crippen LogP contribution in [0.4, 0.5) is 0 Å². The van der Waals surface area contributed by atoms with Crippen molar-refractivity contribution < 1.29 is 14.7 Å². The number of carboxylic acid groups (broad SMARTS) is 1. The van der Waals surface area contributed by atoms with Crippen LogP contribution in [0.5, 0.6) is 0 Å². The molecule has 108 valence electrons. The number of hydrogen-bond acceptors (Lipinski definition) is 2. The van der Waals surface area contributed by atoms with E-state index in [2.05, 4.69) is 11.9 Å². The summed E-state index contributed by atoms with van der Waals surface area (Å²) in [5.74, 6) is -1.56. The van der Waals surface area contributed by atoms with Crippen molar-refractivity contribution in [3.8, 4) is 0 Å². The van der Waals surface area contributed by atoms with E-state index in [1.54, 1.807) is 19.9 Å². The Kier molecular flexibility index (Phi) is 5.97. The maximum atomic E-state index is 12.0. The lowest BCUT2D eigenvalue weighted by Gasteiger charge is -2.19. The minimum atomic E-state index is -1.01. The first kappa shape index (κ1) is 16.0. The molecule has 1 aromatic rings. The highest BCUT2D eigenvalue weighted by Gasteiger charge is 2.24. The van der Waals surface area contributed by atoms with Crippen molar-refractivity contribution in [2.24, 2.45) is 5.92 Å². The number of amides is 1. The van der Waals surface area contributed by atoms with E-state index >= 15 is 0 Å². The molecule has 0 saturated carbocycles. The smallest absolute Gasteiger partial charge is 0.326 e. The van der Waals surface area contributed by atoms with Crippen LogP contribution in [0.25, 0.3) is 0 Å². The summed E-state index contributed by atoms with van der Waals surface area (Å²) in [5.41, 5.74) is 0.995. The summed E-state index contributed by atoms with van der Waals surface area (Å²) in [7, 11) is 0. The van der Waals surface area contributed by atoms with Crippen molar-refractivity contribution in [1.82, 2.24) is 5.32 Å². The van der Waals surface area contributed by atoms with Crippen LogP contribution < -0.4 is 5.32 Å². The minimum Gasteiger partial charge on any atom is -0.480 e. The van der Waals surface area contributed by atoms with E-state index in [0.29, 0.717) is 0 Å². The second-order valence-electron chi connectivity index (χ2n) is 5.08. The number of benzene rings is 1. The molecule has 2 N–H and O–H groups in total. The van der Waals surface area contributed by atoms with Gasteiger partial charge in [0.1, 0.15) is 6.04 Å². The van der Waals surface area contributed by atoms with Crippen molar-refractivity contribution >= 4 is 11.9 Å². The summed E-state index contributed by atoms with van der Waals surface area (Å²) in [5, 5.41) is 11.6. The van der Waals surface area contributed by atoms with E-state index < -0.39 is 12.0 Å². The molecule has 0 aliphatic rings. The van der Waals surface area contributed by atoms with Gasteiger partial charge >= 0.3 is 5.97 Å². The number of carboxylic acids is 1. The van der Waals surface area contributed by atoms with Gasteiger partial charge in [-0.2, -0.15) is 0 Å². The molecular formula is C16H21NO3. The molecule has 4 heteroatoms. The molecule has 1 rings (SSSR count). The predicted octanol–water partition coefficient (Wildman–Crippen LogP) is 2.57. The van der Waals surface area contributed by atoms with E-state index in [1.165, 1.54) is 0 Å². The molecule has 0 bridgehead atoms. The quantitative estimate of drug-likeness (QED) is 0.752. The van der Waals surface area contributed by atoms with Crippen LogP contribution in [0.3, 0.4) is 0 Å². The van der Waals surface area contributed by atoms with Crippen molar-refractivity contribution in [3.63, 3.8) is 0 Å². The SMILES string of the molecule is C=CC(CC(=O)NC(C(=O)O)C(C)C)c1ccccc1. The molecule has 2 unspecified atom stereocenters. The summed E-state index contributed by atoms with van der Waals surface area (Å²) in [6.07, 6.45) is 1.91. The maximum absolute atomic E-state index is 12.0. The molecule has 0 spiro atoms. The molecule has 20 heavy (non-hydrogen) atoms. The Balaban J connectivity index is 2.69. The summed E-state index contributed by atoms with van der Waals surface area (Å²) in [6.45, 7) is 7.27. The summed E-state index contributed by atoms with van der Waals surface area (Å²) >= 11 is 0. The number of allylic oxidation sites excluding steroid dienone is 1. The van der Waals surface area contributed by atoms with Crippen LogP contribution in [0.2, 0.25) is 0 Å². The number of carbonyl (C=O) groups is 2. The van der Waals surface area contributed by atoms with Crippen molar-refractivity contribution in [2.75, 3.05) is 0 Å². The van der Waals surface area contributed by atoms with E-state index in [1.807, 2.05) is 30.3 Å². The van der Waals surface area contributed by atoms with Crippen LogP contribution >= 0.6 is 0 Å². The zero-order valence-corrected chi connectivity index (χ0v) is 11.9. The highest BCUT2D eigenvalue weighted by Crippen LogP contribution is 2.20. The topological polar surface area (TPSA) is 66.4 Å². The average Bonchev–Trinajstić information content (AvgIpc) is 2.42. The fraction of sp³-hybridized carbons (Fsp3) is 0.375. The summed E-state index contributed by atoms with van der Waals surface area (Å²) < 4.78 is 0. The lowest BCUT2D eigenvalue weighted by molar-refractivity contribution is -0.143. The van der Waals surface area contributed by atoms with Gasteiger partial charge in [-0.1, -0.05) is 50.3 Å². The van der Waals surface area contributed by atoms with Gasteiger partial charge in [0.05, 0.1) is 0 Å². The first-order valence-corrected chi connectivity index (χ1v) is 6.65. The fourth-order valence-electron chi connectivity index (χ4n) is 1.98. The highest BCUT2D eigenvalue weighted by atomic mass is 16.4. The molecule has 0 aromatic heterocycles. The van der Waals surface area contributed by atoms with E-state index in [0.717, 1.165) is 5.56 Å². The number of aliphatic carboxylic acids is 1. The molecule has 1 aromatic carbocycles. The van der Waals surface area contributed by atoms with E-state index in [9.17, 15) is 9.59 Å². The number of hydrogen-bond donors (Lipinski definition) is 2. The van der Waals surface area contributed by atoms with Gasteiger partial charge in [0.15, 0.2) is 0 Å². The van der Waals surface area contributed by atoms with Gasteiger partial charge < -0.3 is 10.4 Å². The van der Waals surface area contributed by atoms with Crippen LogP contribution in [0.15, 0.2) is 43.0 Å². The largest absolute Gasteiger partial charge is 0.480 e. The summed E-state index contributed by atoms with van der Waals surface area (Å²) in [4.78, 5) is 23.0. The van der Waals surface area contributed by atoms with Gasteiger partial charge in [0, 0.05) is 12.3 Å². The molecule has 0 aliphatic carbocycles. The third-order valence-electron chi connectivity index (χ3n) is 3.17. The Morgan fingerprint density at radius 1 is 1.30 bits per heavy atom. The number of nitrogens with one attached hydrogen (secondary N) is 1. The van der Waals surface area contributed by atoms with Gasteiger partial charge in [-0.15, -0.1) is 6.58 Å². The minimum absolute atomic E-state index is 0.113.